The molecule has 9 heteroatoms. The van der Waals surface area contributed by atoms with Crippen LogP contribution < -0.4 is 0 Å². The molecule has 0 atom stereocenters. The molecule has 0 bridgehead atoms. The van der Waals surface area contributed by atoms with Gasteiger partial charge in [0.1, 0.15) is 6.61 Å². The number of methoxy groups -OCH3 is 1. The minimum Gasteiger partial charge on any atom is -0.458 e. The van der Waals surface area contributed by atoms with E-state index in [1.54, 1.807) is 6.92 Å². The lowest BCUT2D eigenvalue weighted by molar-refractivity contribution is 0.0380. The molecule has 0 amide bonds. The van der Waals surface area contributed by atoms with E-state index in [-0.39, 0.29) is 30.4 Å². The fraction of sp³-hybridized carbons (Fsp3) is 0.750. The average Bonchev–Trinajstić information content (AvgIpc) is 2.78. The van der Waals surface area contributed by atoms with Crippen LogP contribution in [0.1, 0.15) is 29.5 Å². The minimum absolute atomic E-state index is 0.0246. The first-order valence-electron chi connectivity index (χ1n) is 6.68. The van der Waals surface area contributed by atoms with E-state index in [0.29, 0.717) is 18.7 Å². The van der Waals surface area contributed by atoms with Gasteiger partial charge in [0.15, 0.2) is 15.5 Å². The van der Waals surface area contributed by atoms with Crippen LogP contribution in [0.3, 0.4) is 0 Å². The number of hydrogen-bond donors (Lipinski definition) is 0. The highest BCUT2D eigenvalue weighted by Gasteiger charge is 2.19. The summed E-state index contributed by atoms with van der Waals surface area (Å²) < 4.78 is 34.5. The molecule has 0 spiro atoms. The fourth-order valence-electron chi connectivity index (χ4n) is 1.69. The Morgan fingerprint density at radius 3 is 2.62 bits per heavy atom. The fourth-order valence-corrected chi connectivity index (χ4v) is 2.96. The van der Waals surface area contributed by atoms with Crippen molar-refractivity contribution in [2.75, 3.05) is 31.8 Å². The summed E-state index contributed by atoms with van der Waals surface area (Å²) in [4.78, 5) is 11.7. The lowest BCUT2D eigenvalue weighted by atomic mass is 10.3. The molecule has 0 N–H and O–H groups in total. The van der Waals surface area contributed by atoms with Crippen LogP contribution in [-0.4, -0.2) is 61.2 Å². The average molecular weight is 319 g/mol. The van der Waals surface area contributed by atoms with E-state index in [4.69, 9.17) is 9.47 Å². The number of carbonyl (C=O) groups excluding carboxylic acids is 1. The van der Waals surface area contributed by atoms with E-state index >= 15 is 0 Å². The molecule has 1 heterocycles. The second-order valence-electron chi connectivity index (χ2n) is 4.53. The molecule has 1 rings (SSSR count). The Kier molecular flexibility index (Phi) is 6.76. The molecule has 0 aliphatic rings. The van der Waals surface area contributed by atoms with Crippen LogP contribution in [0.5, 0.6) is 0 Å². The van der Waals surface area contributed by atoms with Gasteiger partial charge in [-0.2, -0.15) is 0 Å². The van der Waals surface area contributed by atoms with Crippen LogP contribution in [0, 0.1) is 6.92 Å². The lowest BCUT2D eigenvalue weighted by Crippen LogP contribution is -2.17. The van der Waals surface area contributed by atoms with Gasteiger partial charge in [-0.1, -0.05) is 12.1 Å². The number of hydrogen-bond acceptors (Lipinski definition) is 7. The molecule has 1 aromatic rings. The Balaban J connectivity index is 2.65. The molecular formula is C12H21N3O5S. The number of esters is 1. The smallest absolute Gasteiger partial charge is 0.360 e. The van der Waals surface area contributed by atoms with Gasteiger partial charge in [0.05, 0.1) is 24.6 Å². The number of aromatic nitrogens is 3. The number of sulfone groups is 1. The van der Waals surface area contributed by atoms with Gasteiger partial charge in [0.2, 0.25) is 0 Å². The van der Waals surface area contributed by atoms with Crippen molar-refractivity contribution in [2.45, 2.75) is 26.8 Å². The van der Waals surface area contributed by atoms with Crippen molar-refractivity contribution in [1.29, 1.82) is 0 Å². The highest BCUT2D eigenvalue weighted by Crippen LogP contribution is 2.06. The summed E-state index contributed by atoms with van der Waals surface area (Å²) in [5.74, 6) is -0.470. The van der Waals surface area contributed by atoms with Crippen LogP contribution in [0.15, 0.2) is 0 Å². The first kappa shape index (κ1) is 17.6. The zero-order chi connectivity index (χ0) is 15.9. The Morgan fingerprint density at radius 2 is 2.00 bits per heavy atom. The quantitative estimate of drug-likeness (QED) is 0.474. The molecule has 0 aliphatic carbocycles. The topological polar surface area (TPSA) is 100 Å². The van der Waals surface area contributed by atoms with Gasteiger partial charge in [0.25, 0.3) is 0 Å². The molecule has 0 aliphatic heterocycles. The largest absolute Gasteiger partial charge is 0.458 e. The van der Waals surface area contributed by atoms with Crippen molar-refractivity contribution in [2.24, 2.45) is 0 Å². The summed E-state index contributed by atoms with van der Waals surface area (Å²) in [7, 11) is -1.59. The summed E-state index contributed by atoms with van der Waals surface area (Å²) in [6.07, 6.45) is 0.579. The monoisotopic (exact) mass is 319 g/mol. The maximum absolute atomic E-state index is 11.7. The number of aryl methyl sites for hydroxylation is 1. The molecule has 0 saturated heterocycles. The van der Waals surface area contributed by atoms with E-state index in [1.165, 1.54) is 11.8 Å². The van der Waals surface area contributed by atoms with Gasteiger partial charge in [-0.05, 0) is 13.3 Å². The molecule has 0 fully saturated rings. The van der Waals surface area contributed by atoms with Crippen molar-refractivity contribution in [3.8, 4) is 0 Å². The molecule has 0 radical (unpaired) electrons. The maximum atomic E-state index is 11.7. The number of carbonyl (C=O) groups is 1. The van der Waals surface area contributed by atoms with E-state index in [1.807, 2.05) is 6.92 Å². The highest BCUT2D eigenvalue weighted by molar-refractivity contribution is 7.91. The van der Waals surface area contributed by atoms with Crippen molar-refractivity contribution >= 4 is 15.8 Å². The molecule has 120 valence electrons. The summed E-state index contributed by atoms with van der Waals surface area (Å²) >= 11 is 0. The SMILES string of the molecule is CCCS(=O)(=O)CCn1nnc(C(=O)OCCOC)c1C. The predicted molar refractivity (Wildman–Crippen MR) is 75.9 cm³/mol. The summed E-state index contributed by atoms with van der Waals surface area (Å²) in [5, 5.41) is 7.54. The Hall–Kier alpha value is -1.48. The molecule has 1 aromatic heterocycles. The van der Waals surface area contributed by atoms with Crippen molar-refractivity contribution in [3.05, 3.63) is 11.4 Å². The van der Waals surface area contributed by atoms with Crippen LogP contribution in [0.4, 0.5) is 0 Å². The Labute approximate surface area is 124 Å². The predicted octanol–water partition coefficient (Wildman–Crippen LogP) is 0.215. The van der Waals surface area contributed by atoms with Gasteiger partial charge in [-0.25, -0.2) is 17.9 Å². The Bertz CT molecular complexity index is 567. The second kappa shape index (κ2) is 8.08. The van der Waals surface area contributed by atoms with E-state index in [9.17, 15) is 13.2 Å². The third-order valence-corrected chi connectivity index (χ3v) is 4.66. The first-order chi connectivity index (χ1) is 9.91. The van der Waals surface area contributed by atoms with Crippen LogP contribution in [0.25, 0.3) is 0 Å². The van der Waals surface area contributed by atoms with E-state index in [0.717, 1.165) is 0 Å². The number of ether oxygens (including phenoxy) is 2. The third-order valence-electron chi connectivity index (χ3n) is 2.83. The highest BCUT2D eigenvalue weighted by atomic mass is 32.2. The van der Waals surface area contributed by atoms with Gasteiger partial charge in [-0.3, -0.25) is 0 Å². The summed E-state index contributed by atoms with van der Waals surface area (Å²) in [6.45, 7) is 4.07. The summed E-state index contributed by atoms with van der Waals surface area (Å²) in [6, 6.07) is 0. The molecule has 0 aromatic carbocycles. The second-order valence-corrected chi connectivity index (χ2v) is 6.83. The van der Waals surface area contributed by atoms with Crippen LogP contribution >= 0.6 is 0 Å². The van der Waals surface area contributed by atoms with E-state index < -0.39 is 15.8 Å². The number of rotatable bonds is 9. The molecule has 0 saturated carbocycles. The van der Waals surface area contributed by atoms with E-state index in [2.05, 4.69) is 10.3 Å². The van der Waals surface area contributed by atoms with Gasteiger partial charge in [0, 0.05) is 12.9 Å². The molecule has 21 heavy (non-hydrogen) atoms. The lowest BCUT2D eigenvalue weighted by Gasteiger charge is -2.05. The van der Waals surface area contributed by atoms with Gasteiger partial charge < -0.3 is 9.47 Å². The van der Waals surface area contributed by atoms with Crippen LogP contribution in [0.2, 0.25) is 0 Å². The molecule has 8 nitrogen and oxygen atoms in total. The van der Waals surface area contributed by atoms with Crippen molar-refractivity contribution in [1.82, 2.24) is 15.0 Å². The maximum Gasteiger partial charge on any atom is 0.360 e. The first-order valence-corrected chi connectivity index (χ1v) is 8.50. The normalized spacial score (nSPS) is 11.6. The Morgan fingerprint density at radius 1 is 1.29 bits per heavy atom. The number of nitrogens with zero attached hydrogens (tertiary/aromatic N) is 3. The standard InChI is InChI=1S/C12H21N3O5S/c1-4-8-21(17,18)9-5-15-10(2)11(13-14-15)12(16)20-7-6-19-3/h4-9H2,1-3H3. The zero-order valence-corrected chi connectivity index (χ0v) is 13.4. The zero-order valence-electron chi connectivity index (χ0n) is 12.5. The van der Waals surface area contributed by atoms with Gasteiger partial charge >= 0.3 is 5.97 Å². The van der Waals surface area contributed by atoms with Crippen molar-refractivity contribution < 1.29 is 22.7 Å². The third kappa shape index (κ3) is 5.43. The summed E-state index contributed by atoms with van der Waals surface area (Å²) in [5.41, 5.74) is 0.586. The van der Waals surface area contributed by atoms with Crippen LogP contribution in [-0.2, 0) is 25.9 Å². The van der Waals surface area contributed by atoms with Crippen molar-refractivity contribution in [3.63, 3.8) is 0 Å². The minimum atomic E-state index is -3.10. The van der Waals surface area contributed by atoms with Gasteiger partial charge in [-0.15, -0.1) is 5.10 Å². The molecular weight excluding hydrogens is 298 g/mol. The molecule has 0 unspecified atom stereocenters.